The number of hydrazine groups is 1. The molecule has 0 bridgehead atoms. The third-order valence-electron chi connectivity index (χ3n) is 3.12. The highest BCUT2D eigenvalue weighted by Gasteiger charge is 2.11. The molecule has 6 heteroatoms. The second-order valence-electron chi connectivity index (χ2n) is 5.22. The standard InChI is InChI=1S/C15H20BrN5/c1-9(2)15-19-13(8-14(20-15)21-17)18-10(3)11-5-4-6-12(16)7-11/h4-10H,17H2,1-3H3,(H2,18,19,20,21). The van der Waals surface area contributed by atoms with Gasteiger partial charge < -0.3 is 10.7 Å². The number of rotatable bonds is 5. The van der Waals surface area contributed by atoms with Crippen molar-refractivity contribution in [3.63, 3.8) is 0 Å². The van der Waals surface area contributed by atoms with Crippen LogP contribution in [0.3, 0.4) is 0 Å². The summed E-state index contributed by atoms with van der Waals surface area (Å²) >= 11 is 3.49. The molecule has 21 heavy (non-hydrogen) atoms. The molecule has 2 rings (SSSR count). The number of halogens is 1. The molecular weight excluding hydrogens is 330 g/mol. The summed E-state index contributed by atoms with van der Waals surface area (Å²) in [6, 6.07) is 10.1. The number of nitrogens with one attached hydrogen (secondary N) is 2. The van der Waals surface area contributed by atoms with E-state index in [-0.39, 0.29) is 12.0 Å². The minimum absolute atomic E-state index is 0.128. The monoisotopic (exact) mass is 349 g/mol. The summed E-state index contributed by atoms with van der Waals surface area (Å²) in [6.07, 6.45) is 0. The molecule has 112 valence electrons. The number of benzene rings is 1. The average Bonchev–Trinajstić information content (AvgIpc) is 2.46. The summed E-state index contributed by atoms with van der Waals surface area (Å²) in [5.74, 6) is 7.84. The molecule has 1 unspecified atom stereocenters. The lowest BCUT2D eigenvalue weighted by molar-refractivity contribution is 0.769. The third kappa shape index (κ3) is 4.15. The van der Waals surface area contributed by atoms with E-state index >= 15 is 0 Å². The van der Waals surface area contributed by atoms with Crippen molar-refractivity contribution in [1.82, 2.24) is 9.97 Å². The number of aromatic nitrogens is 2. The van der Waals surface area contributed by atoms with Gasteiger partial charge in [-0.15, -0.1) is 0 Å². The van der Waals surface area contributed by atoms with Gasteiger partial charge in [0.1, 0.15) is 17.5 Å². The van der Waals surface area contributed by atoms with Gasteiger partial charge in [-0.25, -0.2) is 15.8 Å². The Morgan fingerprint density at radius 2 is 1.81 bits per heavy atom. The van der Waals surface area contributed by atoms with Crippen LogP contribution in [0.1, 0.15) is 44.1 Å². The lowest BCUT2D eigenvalue weighted by Gasteiger charge is -2.17. The third-order valence-corrected chi connectivity index (χ3v) is 3.61. The zero-order chi connectivity index (χ0) is 15.4. The summed E-state index contributed by atoms with van der Waals surface area (Å²) in [5.41, 5.74) is 3.76. The van der Waals surface area contributed by atoms with Crippen molar-refractivity contribution in [3.8, 4) is 0 Å². The molecule has 0 aliphatic heterocycles. The first-order chi connectivity index (χ1) is 9.99. The predicted octanol–water partition coefficient (Wildman–Crippen LogP) is 3.82. The van der Waals surface area contributed by atoms with E-state index in [1.54, 1.807) is 6.07 Å². The molecule has 0 saturated heterocycles. The van der Waals surface area contributed by atoms with Crippen LogP contribution in [0.5, 0.6) is 0 Å². The summed E-state index contributed by atoms with van der Waals surface area (Å²) < 4.78 is 1.06. The largest absolute Gasteiger partial charge is 0.363 e. The smallest absolute Gasteiger partial charge is 0.145 e. The van der Waals surface area contributed by atoms with E-state index in [0.29, 0.717) is 5.82 Å². The van der Waals surface area contributed by atoms with E-state index in [9.17, 15) is 0 Å². The van der Waals surface area contributed by atoms with Crippen LogP contribution in [-0.4, -0.2) is 9.97 Å². The topological polar surface area (TPSA) is 75.9 Å². The van der Waals surface area contributed by atoms with Crippen LogP contribution in [0.25, 0.3) is 0 Å². The number of nitrogens with two attached hydrogens (primary N) is 1. The average molecular weight is 350 g/mol. The van der Waals surface area contributed by atoms with Gasteiger partial charge in [0.15, 0.2) is 0 Å². The molecule has 4 N–H and O–H groups in total. The van der Waals surface area contributed by atoms with E-state index in [2.05, 4.69) is 69.5 Å². The van der Waals surface area contributed by atoms with Crippen LogP contribution >= 0.6 is 15.9 Å². The number of hydrogen-bond donors (Lipinski definition) is 3. The maximum atomic E-state index is 5.48. The zero-order valence-electron chi connectivity index (χ0n) is 12.4. The lowest BCUT2D eigenvalue weighted by atomic mass is 10.1. The van der Waals surface area contributed by atoms with Crippen LogP contribution in [0, 0.1) is 0 Å². The summed E-state index contributed by atoms with van der Waals surface area (Å²) in [6.45, 7) is 6.20. The van der Waals surface area contributed by atoms with Crippen molar-refractivity contribution in [1.29, 1.82) is 0 Å². The Kier molecular flexibility index (Phi) is 5.14. The highest BCUT2D eigenvalue weighted by molar-refractivity contribution is 9.10. The summed E-state index contributed by atoms with van der Waals surface area (Å²) in [5, 5.41) is 3.39. The number of nitrogens with zero attached hydrogens (tertiary/aromatic N) is 2. The normalized spacial score (nSPS) is 12.3. The quantitative estimate of drug-likeness (QED) is 0.565. The number of anilines is 2. The first-order valence-electron chi connectivity index (χ1n) is 6.87. The van der Waals surface area contributed by atoms with Crippen LogP contribution in [0.15, 0.2) is 34.8 Å². The Morgan fingerprint density at radius 1 is 1.10 bits per heavy atom. The minimum Gasteiger partial charge on any atom is -0.363 e. The fourth-order valence-corrected chi connectivity index (χ4v) is 2.37. The fourth-order valence-electron chi connectivity index (χ4n) is 1.95. The number of nitrogen functional groups attached to an aromatic ring is 1. The summed E-state index contributed by atoms with van der Waals surface area (Å²) in [4.78, 5) is 8.89. The molecule has 0 saturated carbocycles. The second kappa shape index (κ2) is 6.87. The molecule has 1 heterocycles. The van der Waals surface area contributed by atoms with E-state index < -0.39 is 0 Å². The van der Waals surface area contributed by atoms with Crippen LogP contribution in [0.4, 0.5) is 11.6 Å². The molecule has 0 radical (unpaired) electrons. The molecule has 1 aromatic heterocycles. The highest BCUT2D eigenvalue weighted by Crippen LogP contribution is 2.23. The van der Waals surface area contributed by atoms with Crippen molar-refractivity contribution in [2.45, 2.75) is 32.7 Å². The molecule has 0 amide bonds. The van der Waals surface area contributed by atoms with Gasteiger partial charge in [0.25, 0.3) is 0 Å². The molecule has 0 fully saturated rings. The van der Waals surface area contributed by atoms with Gasteiger partial charge in [-0.1, -0.05) is 41.9 Å². The van der Waals surface area contributed by atoms with Gasteiger partial charge in [0.05, 0.1) is 0 Å². The Hall–Kier alpha value is -1.66. The van der Waals surface area contributed by atoms with Crippen molar-refractivity contribution in [2.75, 3.05) is 10.7 Å². The molecular formula is C15H20BrN5. The SMILES string of the molecule is CC(C)c1nc(NN)cc(NC(C)c2cccc(Br)c2)n1. The van der Waals surface area contributed by atoms with Crippen LogP contribution in [-0.2, 0) is 0 Å². The first-order valence-corrected chi connectivity index (χ1v) is 7.66. The Bertz CT molecular complexity index is 615. The van der Waals surface area contributed by atoms with Crippen LogP contribution < -0.4 is 16.6 Å². The molecule has 0 spiro atoms. The zero-order valence-corrected chi connectivity index (χ0v) is 14.0. The molecule has 1 aromatic carbocycles. The van der Waals surface area contributed by atoms with Crippen molar-refractivity contribution in [2.24, 2.45) is 5.84 Å². The van der Waals surface area contributed by atoms with Gasteiger partial charge in [-0.3, -0.25) is 0 Å². The molecule has 5 nitrogen and oxygen atoms in total. The predicted molar refractivity (Wildman–Crippen MR) is 90.1 cm³/mol. The van der Waals surface area contributed by atoms with E-state index in [4.69, 9.17) is 5.84 Å². The fraction of sp³-hybridized carbons (Fsp3) is 0.333. The Morgan fingerprint density at radius 3 is 2.43 bits per heavy atom. The van der Waals surface area contributed by atoms with Gasteiger partial charge in [0, 0.05) is 22.5 Å². The highest BCUT2D eigenvalue weighted by atomic mass is 79.9. The minimum atomic E-state index is 0.128. The Balaban J connectivity index is 2.24. The van der Waals surface area contributed by atoms with E-state index in [1.165, 1.54) is 5.56 Å². The van der Waals surface area contributed by atoms with E-state index in [0.717, 1.165) is 16.1 Å². The Labute approximate surface area is 133 Å². The lowest BCUT2D eigenvalue weighted by Crippen LogP contribution is -2.14. The molecule has 0 aliphatic rings. The van der Waals surface area contributed by atoms with Gasteiger partial charge >= 0.3 is 0 Å². The maximum Gasteiger partial charge on any atom is 0.145 e. The maximum absolute atomic E-state index is 5.48. The summed E-state index contributed by atoms with van der Waals surface area (Å²) in [7, 11) is 0. The molecule has 1 atom stereocenters. The van der Waals surface area contributed by atoms with Crippen molar-refractivity contribution in [3.05, 3.63) is 46.2 Å². The van der Waals surface area contributed by atoms with Crippen LogP contribution in [0.2, 0.25) is 0 Å². The second-order valence-corrected chi connectivity index (χ2v) is 6.13. The first kappa shape index (κ1) is 15.7. The van der Waals surface area contributed by atoms with Gasteiger partial charge in [-0.2, -0.15) is 0 Å². The van der Waals surface area contributed by atoms with Crippen molar-refractivity contribution >= 4 is 27.6 Å². The van der Waals surface area contributed by atoms with Gasteiger partial charge in [0.2, 0.25) is 0 Å². The molecule has 2 aromatic rings. The van der Waals surface area contributed by atoms with Crippen molar-refractivity contribution < 1.29 is 0 Å². The number of hydrogen-bond acceptors (Lipinski definition) is 5. The van der Waals surface area contributed by atoms with Gasteiger partial charge in [-0.05, 0) is 24.6 Å². The van der Waals surface area contributed by atoms with E-state index in [1.807, 2.05) is 12.1 Å². The molecule has 0 aliphatic carbocycles.